The molecule has 0 bridgehead atoms. The van der Waals surface area contributed by atoms with Crippen molar-refractivity contribution in [2.75, 3.05) is 0 Å². The van der Waals surface area contributed by atoms with Crippen LogP contribution in [0.1, 0.15) is 78.2 Å². The summed E-state index contributed by atoms with van der Waals surface area (Å²) in [7, 11) is 0. The number of rotatable bonds is 3. The summed E-state index contributed by atoms with van der Waals surface area (Å²) < 4.78 is 5.63. The molecular formula is C30H41NO3. The average Bonchev–Trinajstić information content (AvgIpc) is 3.29. The number of fused-ring (bicyclic) bond motifs is 7. The molecule has 1 aliphatic heterocycles. The highest BCUT2D eigenvalue weighted by Crippen LogP contribution is 2.68. The van der Waals surface area contributed by atoms with Gasteiger partial charge in [-0.25, -0.2) is 0 Å². The Hall–Kier alpha value is -1.65. The molecule has 184 valence electrons. The maximum Gasteiger partial charge on any atom is 0.302 e. The van der Waals surface area contributed by atoms with Gasteiger partial charge in [-0.1, -0.05) is 55.8 Å². The van der Waals surface area contributed by atoms with Crippen LogP contribution in [0.15, 0.2) is 42.0 Å². The molecule has 9 atom stereocenters. The molecule has 0 spiro atoms. The van der Waals surface area contributed by atoms with Crippen molar-refractivity contribution in [3.63, 3.8) is 0 Å². The predicted molar refractivity (Wildman–Crippen MR) is 132 cm³/mol. The first-order valence-electron chi connectivity index (χ1n) is 13.6. The molecule has 0 amide bonds. The normalized spacial score (nSPS) is 45.5. The van der Waals surface area contributed by atoms with Gasteiger partial charge < -0.3 is 4.74 Å². The number of hydrogen-bond donors (Lipinski definition) is 0. The van der Waals surface area contributed by atoms with Gasteiger partial charge in [0, 0.05) is 31.8 Å². The number of ether oxygens (including phenoxy) is 1. The summed E-state index contributed by atoms with van der Waals surface area (Å²) in [4.78, 5) is 18.1. The van der Waals surface area contributed by atoms with Crippen LogP contribution in [0.25, 0.3) is 0 Å². The number of carbonyl (C=O) groups is 1. The van der Waals surface area contributed by atoms with Gasteiger partial charge in [0.05, 0.1) is 6.10 Å². The van der Waals surface area contributed by atoms with Crippen molar-refractivity contribution < 1.29 is 14.4 Å². The number of hydrogen-bond acceptors (Lipinski definition) is 4. The smallest absolute Gasteiger partial charge is 0.302 e. The highest BCUT2D eigenvalue weighted by Gasteiger charge is 2.65. The molecular weight excluding hydrogens is 422 g/mol. The highest BCUT2D eigenvalue weighted by molar-refractivity contribution is 5.66. The van der Waals surface area contributed by atoms with Crippen LogP contribution in [0.5, 0.6) is 0 Å². The molecule has 4 fully saturated rings. The molecule has 6 rings (SSSR count). The van der Waals surface area contributed by atoms with Gasteiger partial charge >= 0.3 is 5.97 Å². The van der Waals surface area contributed by atoms with Gasteiger partial charge in [0.2, 0.25) is 0 Å². The number of nitrogens with zero attached hydrogens (tertiary/aromatic N) is 1. The van der Waals surface area contributed by atoms with E-state index in [1.165, 1.54) is 31.2 Å². The van der Waals surface area contributed by atoms with Crippen molar-refractivity contribution in [2.24, 2.45) is 34.5 Å². The maximum absolute atomic E-state index is 11.5. The Morgan fingerprint density at radius 3 is 2.71 bits per heavy atom. The van der Waals surface area contributed by atoms with Crippen LogP contribution in [0.2, 0.25) is 0 Å². The molecule has 0 unspecified atom stereocenters. The van der Waals surface area contributed by atoms with Gasteiger partial charge in [-0.2, -0.15) is 5.06 Å². The van der Waals surface area contributed by atoms with E-state index < -0.39 is 0 Å². The van der Waals surface area contributed by atoms with Crippen molar-refractivity contribution in [3.8, 4) is 0 Å². The summed E-state index contributed by atoms with van der Waals surface area (Å²) in [6, 6.07) is 11.3. The molecule has 1 saturated heterocycles. The van der Waals surface area contributed by atoms with E-state index in [4.69, 9.17) is 9.57 Å². The van der Waals surface area contributed by atoms with Gasteiger partial charge in [0.25, 0.3) is 0 Å². The zero-order valence-corrected chi connectivity index (χ0v) is 21.3. The zero-order valence-electron chi connectivity index (χ0n) is 21.3. The first-order chi connectivity index (χ1) is 16.3. The number of benzene rings is 1. The van der Waals surface area contributed by atoms with E-state index in [-0.39, 0.29) is 17.5 Å². The fraction of sp³-hybridized carbons (Fsp3) is 0.700. The second-order valence-corrected chi connectivity index (χ2v) is 12.5. The van der Waals surface area contributed by atoms with E-state index in [1.807, 2.05) is 0 Å². The van der Waals surface area contributed by atoms with E-state index in [9.17, 15) is 4.79 Å². The Balaban J connectivity index is 1.25. The summed E-state index contributed by atoms with van der Waals surface area (Å²) in [5, 5.41) is 2.35. The van der Waals surface area contributed by atoms with Crippen LogP contribution in [0, 0.1) is 34.5 Å². The lowest BCUT2D eigenvalue weighted by Gasteiger charge is -2.58. The average molecular weight is 464 g/mol. The SMILES string of the molecule is CC(=O)O[C@H]1CC[C@@]2(C)C(=CC[C@H]3[C@@H]4C[C@@H]5[C@@H]([C@@H](C)ON5Cc5ccccc5)[C@@]4(C)CC[C@@H]32)C1. The van der Waals surface area contributed by atoms with Crippen LogP contribution in [0.3, 0.4) is 0 Å². The third-order valence-electron chi connectivity index (χ3n) is 10.9. The van der Waals surface area contributed by atoms with E-state index in [1.54, 1.807) is 12.5 Å². The Bertz CT molecular complexity index is 975. The molecule has 3 saturated carbocycles. The van der Waals surface area contributed by atoms with Crippen molar-refractivity contribution in [1.29, 1.82) is 0 Å². The topological polar surface area (TPSA) is 38.8 Å². The lowest BCUT2D eigenvalue weighted by Crippen LogP contribution is -2.51. The largest absolute Gasteiger partial charge is 0.462 e. The molecule has 4 aliphatic carbocycles. The summed E-state index contributed by atoms with van der Waals surface area (Å²) in [6.45, 7) is 9.89. The summed E-state index contributed by atoms with van der Waals surface area (Å²) >= 11 is 0. The molecule has 1 aromatic carbocycles. The lowest BCUT2D eigenvalue weighted by atomic mass is 9.47. The first kappa shape index (κ1) is 22.8. The van der Waals surface area contributed by atoms with Gasteiger partial charge in [-0.15, -0.1) is 0 Å². The number of allylic oxidation sites excluding steroid dienone is 1. The number of esters is 1. The molecule has 0 aromatic heterocycles. The van der Waals surface area contributed by atoms with Gasteiger partial charge in [0.1, 0.15) is 6.10 Å². The molecule has 5 aliphatic rings. The Kier molecular flexibility index (Phi) is 5.50. The van der Waals surface area contributed by atoms with E-state index in [2.05, 4.69) is 62.2 Å². The third-order valence-corrected chi connectivity index (χ3v) is 10.9. The minimum atomic E-state index is -0.134. The molecule has 34 heavy (non-hydrogen) atoms. The highest BCUT2D eigenvalue weighted by atomic mass is 16.7. The van der Waals surface area contributed by atoms with Crippen LogP contribution in [-0.2, 0) is 20.9 Å². The van der Waals surface area contributed by atoms with E-state index in [0.717, 1.165) is 43.6 Å². The molecule has 0 radical (unpaired) electrons. The fourth-order valence-corrected chi connectivity index (χ4v) is 9.44. The Morgan fingerprint density at radius 1 is 1.15 bits per heavy atom. The van der Waals surface area contributed by atoms with Gasteiger partial charge in [-0.05, 0) is 79.6 Å². The summed E-state index contributed by atoms with van der Waals surface area (Å²) in [6.07, 6.45) is 11.2. The van der Waals surface area contributed by atoms with Gasteiger partial charge in [-0.3, -0.25) is 9.63 Å². The summed E-state index contributed by atoms with van der Waals surface area (Å²) in [5.74, 6) is 2.80. The Labute approximate surface area is 205 Å². The maximum atomic E-state index is 11.5. The second kappa shape index (κ2) is 8.20. The standard InChI is InChI=1S/C30H41NO3/c1-19-28-27(31(34-19)18-21-8-6-5-7-9-21)17-26-24-11-10-22-16-23(33-20(2)32)12-14-29(22,3)25(24)13-15-30(26,28)4/h5-10,19,23-28H,11-18H2,1-4H3/t19-,23+,24-,25+,26+,27-,28-,29+,30+/m1/s1. The molecule has 0 N–H and O–H groups in total. The fourth-order valence-electron chi connectivity index (χ4n) is 9.44. The molecule has 4 nitrogen and oxygen atoms in total. The minimum Gasteiger partial charge on any atom is -0.462 e. The minimum absolute atomic E-state index is 0.0811. The molecule has 1 aromatic rings. The zero-order chi connectivity index (χ0) is 23.7. The predicted octanol–water partition coefficient (Wildman–Crippen LogP) is 6.31. The van der Waals surface area contributed by atoms with E-state index >= 15 is 0 Å². The number of hydroxylamine groups is 2. The van der Waals surface area contributed by atoms with Crippen LogP contribution >= 0.6 is 0 Å². The summed E-state index contributed by atoms with van der Waals surface area (Å²) in [5.41, 5.74) is 3.57. The van der Waals surface area contributed by atoms with Crippen LogP contribution in [-0.4, -0.2) is 29.3 Å². The van der Waals surface area contributed by atoms with E-state index in [0.29, 0.717) is 23.5 Å². The molecule has 4 heteroatoms. The van der Waals surface area contributed by atoms with Gasteiger partial charge in [0.15, 0.2) is 0 Å². The molecule has 1 heterocycles. The van der Waals surface area contributed by atoms with Crippen LogP contribution < -0.4 is 0 Å². The van der Waals surface area contributed by atoms with Crippen molar-refractivity contribution in [2.45, 2.75) is 97.4 Å². The van der Waals surface area contributed by atoms with Crippen molar-refractivity contribution in [1.82, 2.24) is 5.06 Å². The third kappa shape index (κ3) is 3.43. The monoisotopic (exact) mass is 463 g/mol. The second-order valence-electron chi connectivity index (χ2n) is 12.5. The quantitative estimate of drug-likeness (QED) is 0.389. The van der Waals surface area contributed by atoms with Crippen LogP contribution in [0.4, 0.5) is 0 Å². The van der Waals surface area contributed by atoms with Crippen molar-refractivity contribution >= 4 is 5.97 Å². The first-order valence-corrected chi connectivity index (χ1v) is 13.6. The lowest BCUT2D eigenvalue weighted by molar-refractivity contribution is -0.177. The number of carbonyl (C=O) groups excluding carboxylic acids is 1. The Morgan fingerprint density at radius 2 is 1.94 bits per heavy atom. The van der Waals surface area contributed by atoms with Crippen molar-refractivity contribution in [3.05, 3.63) is 47.5 Å².